The molecule has 0 bridgehead atoms. The SMILES string of the molecule is O=S(=O)(O[C@@H](CNC[C@H](O)[C@@H]1CCc2cc(F)ccc2O1)[C@H]1CCc2cc(F)ccc2O1)c1ccccc1. The van der Waals surface area contributed by atoms with Gasteiger partial charge in [-0.1, -0.05) is 18.2 Å². The summed E-state index contributed by atoms with van der Waals surface area (Å²) in [6.45, 7) is 0.180. The number of rotatable bonds is 9. The normalized spacial score (nSPS) is 20.4. The number of fused-ring (bicyclic) bond motifs is 2. The molecule has 0 aliphatic carbocycles. The number of hydrogen-bond acceptors (Lipinski definition) is 7. The van der Waals surface area contributed by atoms with Gasteiger partial charge in [-0.05, 0) is 85.3 Å². The number of benzene rings is 3. The van der Waals surface area contributed by atoms with Crippen LogP contribution in [0.1, 0.15) is 24.0 Å². The highest BCUT2D eigenvalue weighted by atomic mass is 32.2. The average molecular weight is 546 g/mol. The maximum atomic E-state index is 13.6. The van der Waals surface area contributed by atoms with E-state index >= 15 is 0 Å². The van der Waals surface area contributed by atoms with Crippen molar-refractivity contribution >= 4 is 10.1 Å². The van der Waals surface area contributed by atoms with Gasteiger partial charge < -0.3 is 19.9 Å². The van der Waals surface area contributed by atoms with Crippen molar-refractivity contribution in [2.24, 2.45) is 0 Å². The first-order chi connectivity index (χ1) is 18.3. The van der Waals surface area contributed by atoms with Gasteiger partial charge in [0.1, 0.15) is 47.5 Å². The van der Waals surface area contributed by atoms with Crippen LogP contribution < -0.4 is 14.8 Å². The van der Waals surface area contributed by atoms with Crippen LogP contribution in [0.4, 0.5) is 8.78 Å². The van der Waals surface area contributed by atoms with Crippen molar-refractivity contribution in [2.45, 2.75) is 55.0 Å². The lowest BCUT2D eigenvalue weighted by molar-refractivity contribution is 0.0163. The van der Waals surface area contributed by atoms with Crippen molar-refractivity contribution in [1.82, 2.24) is 5.32 Å². The van der Waals surface area contributed by atoms with Crippen LogP contribution in [-0.2, 0) is 27.1 Å². The smallest absolute Gasteiger partial charge is 0.297 e. The van der Waals surface area contributed by atoms with E-state index in [-0.39, 0.29) is 29.6 Å². The number of aliphatic hydroxyl groups excluding tert-OH is 1. The van der Waals surface area contributed by atoms with E-state index in [1.54, 1.807) is 24.3 Å². The molecule has 10 heteroatoms. The summed E-state index contributed by atoms with van der Waals surface area (Å²) in [5.74, 6) is 0.336. The summed E-state index contributed by atoms with van der Waals surface area (Å²) in [5, 5.41) is 13.9. The second kappa shape index (κ2) is 11.4. The molecule has 3 aromatic carbocycles. The molecule has 0 aromatic heterocycles. The van der Waals surface area contributed by atoms with Crippen molar-refractivity contribution in [3.05, 3.63) is 89.5 Å². The summed E-state index contributed by atoms with van der Waals surface area (Å²) < 4.78 is 70.7. The Labute approximate surface area is 220 Å². The summed E-state index contributed by atoms with van der Waals surface area (Å²) in [6.07, 6.45) is -0.913. The Balaban J connectivity index is 1.25. The minimum atomic E-state index is -4.10. The number of aliphatic hydroxyl groups is 1. The predicted octanol–water partition coefficient (Wildman–Crippen LogP) is 3.78. The molecular weight excluding hydrogens is 516 g/mol. The van der Waals surface area contributed by atoms with Gasteiger partial charge in [-0.2, -0.15) is 8.42 Å². The molecule has 2 aliphatic rings. The van der Waals surface area contributed by atoms with Crippen molar-refractivity contribution in [3.8, 4) is 11.5 Å². The highest BCUT2D eigenvalue weighted by molar-refractivity contribution is 7.86. The van der Waals surface area contributed by atoms with E-state index in [4.69, 9.17) is 13.7 Å². The van der Waals surface area contributed by atoms with Gasteiger partial charge in [0.15, 0.2) is 0 Å². The molecule has 0 saturated carbocycles. The van der Waals surface area contributed by atoms with E-state index in [0.29, 0.717) is 42.7 Å². The monoisotopic (exact) mass is 545 g/mol. The first-order valence-electron chi connectivity index (χ1n) is 12.6. The van der Waals surface area contributed by atoms with E-state index in [1.165, 1.54) is 42.5 Å². The fourth-order valence-corrected chi connectivity index (χ4v) is 5.95. The second-order valence-corrected chi connectivity index (χ2v) is 11.1. The minimum Gasteiger partial charge on any atom is -0.487 e. The van der Waals surface area contributed by atoms with E-state index in [1.807, 2.05) is 0 Å². The lowest BCUT2D eigenvalue weighted by atomic mass is 9.98. The number of nitrogens with one attached hydrogen (secondary N) is 1. The van der Waals surface area contributed by atoms with Crippen LogP contribution in [0.15, 0.2) is 71.6 Å². The Morgan fingerprint density at radius 3 is 2.08 bits per heavy atom. The van der Waals surface area contributed by atoms with Gasteiger partial charge >= 0.3 is 0 Å². The Morgan fingerprint density at radius 2 is 1.45 bits per heavy atom. The zero-order chi connectivity index (χ0) is 26.7. The largest absolute Gasteiger partial charge is 0.487 e. The van der Waals surface area contributed by atoms with Crippen LogP contribution in [0.3, 0.4) is 0 Å². The molecule has 4 atom stereocenters. The van der Waals surface area contributed by atoms with Crippen molar-refractivity contribution in [3.63, 3.8) is 0 Å². The summed E-state index contributed by atoms with van der Waals surface area (Å²) in [5.41, 5.74) is 1.47. The maximum absolute atomic E-state index is 13.6. The van der Waals surface area contributed by atoms with Crippen molar-refractivity contribution < 1.29 is 36.0 Å². The summed E-state index contributed by atoms with van der Waals surface area (Å²) in [7, 11) is -4.10. The third-order valence-corrected chi connectivity index (χ3v) is 8.17. The van der Waals surface area contributed by atoms with Crippen LogP contribution in [0.2, 0.25) is 0 Å². The standard InChI is InChI=1S/C28H29F2NO6S/c29-20-8-12-24-18(14-20)6-10-26(35-24)23(32)16-31-17-28(37-38(33,34)22-4-2-1-3-5-22)27-11-7-19-15-21(30)9-13-25(19)36-27/h1-5,8-9,12-15,23,26-28,31-32H,6-7,10-11,16-17H2/t23-,26-,27+,28-/m0/s1. The molecule has 202 valence electrons. The van der Waals surface area contributed by atoms with Crippen LogP contribution in [-0.4, -0.2) is 51.0 Å². The van der Waals surface area contributed by atoms with Crippen LogP contribution in [0.25, 0.3) is 0 Å². The Kier molecular flexibility index (Phi) is 7.94. The Hall–Kier alpha value is -3.05. The van der Waals surface area contributed by atoms with E-state index in [9.17, 15) is 22.3 Å². The van der Waals surface area contributed by atoms with Gasteiger partial charge in [0.2, 0.25) is 0 Å². The fraction of sp³-hybridized carbons (Fsp3) is 0.357. The van der Waals surface area contributed by atoms with Gasteiger partial charge in [0, 0.05) is 13.1 Å². The number of hydrogen-bond donors (Lipinski definition) is 2. The molecule has 2 heterocycles. The van der Waals surface area contributed by atoms with Crippen molar-refractivity contribution in [1.29, 1.82) is 0 Å². The van der Waals surface area contributed by atoms with Crippen molar-refractivity contribution in [2.75, 3.05) is 13.1 Å². The van der Waals surface area contributed by atoms with Gasteiger partial charge in [-0.15, -0.1) is 0 Å². The minimum absolute atomic E-state index is 0.0222. The summed E-state index contributed by atoms with van der Waals surface area (Å²) in [4.78, 5) is 0.0222. The Morgan fingerprint density at radius 1 is 0.868 bits per heavy atom. The van der Waals surface area contributed by atoms with E-state index in [0.717, 1.165) is 5.56 Å². The third-order valence-electron chi connectivity index (χ3n) is 6.82. The highest BCUT2D eigenvalue weighted by Crippen LogP contribution is 2.31. The predicted molar refractivity (Wildman–Crippen MR) is 136 cm³/mol. The van der Waals surface area contributed by atoms with Gasteiger partial charge in [-0.25, -0.2) is 8.78 Å². The summed E-state index contributed by atoms with van der Waals surface area (Å²) >= 11 is 0. The van der Waals surface area contributed by atoms with E-state index in [2.05, 4.69) is 5.32 Å². The highest BCUT2D eigenvalue weighted by Gasteiger charge is 2.34. The molecule has 0 radical (unpaired) electrons. The van der Waals surface area contributed by atoms with Crippen LogP contribution in [0, 0.1) is 11.6 Å². The molecule has 0 amide bonds. The lowest BCUT2D eigenvalue weighted by Crippen LogP contribution is -2.48. The maximum Gasteiger partial charge on any atom is 0.297 e. The molecule has 2 aliphatic heterocycles. The molecule has 5 rings (SSSR count). The first kappa shape index (κ1) is 26.6. The summed E-state index contributed by atoms with van der Waals surface area (Å²) in [6, 6.07) is 16.4. The molecule has 0 unspecified atom stereocenters. The molecule has 0 saturated heterocycles. The molecule has 3 aromatic rings. The molecule has 38 heavy (non-hydrogen) atoms. The molecule has 0 fully saturated rings. The number of aryl methyl sites for hydroxylation is 2. The molecule has 2 N–H and O–H groups in total. The van der Waals surface area contributed by atoms with Gasteiger partial charge in [-0.3, -0.25) is 4.18 Å². The molecular formula is C28H29F2NO6S. The lowest BCUT2D eigenvalue weighted by Gasteiger charge is -2.33. The third kappa shape index (κ3) is 6.15. The fourth-order valence-electron chi connectivity index (χ4n) is 4.83. The molecule has 7 nitrogen and oxygen atoms in total. The molecule has 0 spiro atoms. The average Bonchev–Trinajstić information content (AvgIpc) is 2.92. The van der Waals surface area contributed by atoms with Crippen LogP contribution >= 0.6 is 0 Å². The first-order valence-corrected chi connectivity index (χ1v) is 14.0. The number of halogens is 2. The number of ether oxygens (including phenoxy) is 2. The van der Waals surface area contributed by atoms with Crippen LogP contribution in [0.5, 0.6) is 11.5 Å². The van der Waals surface area contributed by atoms with Gasteiger partial charge in [0.05, 0.1) is 4.90 Å². The topological polar surface area (TPSA) is 94.1 Å². The quantitative estimate of drug-likeness (QED) is 0.396. The Bertz CT molecular complexity index is 1370. The van der Waals surface area contributed by atoms with E-state index < -0.39 is 34.5 Å². The second-order valence-electron chi connectivity index (χ2n) is 9.52. The van der Waals surface area contributed by atoms with Gasteiger partial charge in [0.25, 0.3) is 10.1 Å². The zero-order valence-electron chi connectivity index (χ0n) is 20.6. The zero-order valence-corrected chi connectivity index (χ0v) is 21.4.